The van der Waals surface area contributed by atoms with Crippen molar-refractivity contribution in [2.24, 2.45) is 0 Å². The number of aliphatic hydroxyl groups is 11. The second-order valence-electron chi connectivity index (χ2n) is 25.7. The van der Waals surface area contributed by atoms with Gasteiger partial charge in [-0.2, -0.15) is 0 Å². The monoisotopic (exact) mass is 1390 g/mol. The molecule has 0 aliphatic carbocycles. The van der Waals surface area contributed by atoms with Crippen molar-refractivity contribution < 1.29 is 89.4 Å². The van der Waals surface area contributed by atoms with Crippen LogP contribution >= 0.6 is 0 Å². The van der Waals surface area contributed by atoms with Crippen LogP contribution in [-0.4, -0.2) is 193 Å². The lowest BCUT2D eigenvalue weighted by atomic mass is 9.96. The summed E-state index contributed by atoms with van der Waals surface area (Å²) < 4.78 is 34.3. The van der Waals surface area contributed by atoms with Crippen LogP contribution in [-0.2, 0) is 33.2 Å². The third-order valence-corrected chi connectivity index (χ3v) is 17.3. The Morgan fingerprint density at radius 3 is 1.13 bits per heavy atom. The van der Waals surface area contributed by atoms with Gasteiger partial charge in [-0.15, -0.1) is 0 Å². The molecule has 3 aliphatic rings. The highest BCUT2D eigenvalue weighted by atomic mass is 16.8. The van der Waals surface area contributed by atoms with Crippen LogP contribution < -0.4 is 5.32 Å². The number of allylic oxidation sites excluding steroid dienone is 25. The molecule has 1 amide bonds. The highest BCUT2D eigenvalue weighted by Crippen LogP contribution is 2.33. The topological polar surface area (TPSA) is 307 Å². The minimum atomic E-state index is -1.99. The molecule has 12 N–H and O–H groups in total. The zero-order valence-corrected chi connectivity index (χ0v) is 59.6. The standard InChI is InChI=1S/C80H129NO18/c1-3-5-7-9-11-13-15-17-19-21-22-23-24-25-26-27-28-29-30-31-32-33-34-35-36-37-38-39-40-42-44-46-48-50-52-54-56-58-68(86)81-63(64(85)57-55-53-51-49-47-45-43-41-20-18-16-14-12-10-8-6-4-2)62-94-78-74(92)71(89)76(66(60-83)96-78)99-80-75(93)72(90)77(67(61-84)97-80)98-79-73(91)70(88)69(87)65(59-82)95-79/h5,7,11,13,17,19,22-23,25-26,28-29,31-32,34-35,37-38,40,42,46-49,55,57,63-67,69-80,82-85,87-93H,3-4,6,8-10,12,14-16,18,20-21,24,27,30,33,36,39,41,43-45,50-54,56,58-62H2,1-2H3,(H,81,86)/b7-5-,13-11-,19-17-,23-22-,26-25-,29-28-,32-31-,35-34-,38-37-,42-40-,48-46-,49-47+,57-55+. The van der Waals surface area contributed by atoms with Crippen LogP contribution in [0, 0.1) is 0 Å². The molecular weight excluding hydrogens is 1260 g/mol. The van der Waals surface area contributed by atoms with Crippen LogP contribution in [0.1, 0.15) is 206 Å². The van der Waals surface area contributed by atoms with E-state index >= 15 is 0 Å². The van der Waals surface area contributed by atoms with Crippen LogP contribution in [0.3, 0.4) is 0 Å². The quantitative estimate of drug-likeness (QED) is 0.0199. The smallest absolute Gasteiger partial charge is 0.220 e. The van der Waals surface area contributed by atoms with Crippen LogP contribution in [0.2, 0.25) is 0 Å². The number of nitrogens with one attached hydrogen (secondary N) is 1. The van der Waals surface area contributed by atoms with E-state index in [-0.39, 0.29) is 12.3 Å². The van der Waals surface area contributed by atoms with E-state index in [4.69, 9.17) is 28.4 Å². The molecule has 17 atom stereocenters. The SMILES string of the molecule is CC/C=C\C/C=C\C/C=C\C/C=C\C/C=C\C/C=C\C/C=C\C/C=C\C/C=C\C/C=C\C/C=C\CCCCCC(=O)NC(COC1OC(CO)C(OC2OC(CO)C(OC3OC(CO)C(O)C(O)C3O)C(O)C2O)C(O)C1O)C(O)/C=C/CC/C=C/CCCCCCCCCCCCC. The van der Waals surface area contributed by atoms with Crippen LogP contribution in [0.4, 0.5) is 0 Å². The maximum Gasteiger partial charge on any atom is 0.220 e. The highest BCUT2D eigenvalue weighted by Gasteiger charge is 2.53. The Labute approximate surface area is 593 Å². The molecule has 19 heteroatoms. The molecule has 0 bridgehead atoms. The van der Waals surface area contributed by atoms with Gasteiger partial charge in [0.25, 0.3) is 0 Å². The summed E-state index contributed by atoms with van der Waals surface area (Å²) >= 11 is 0. The summed E-state index contributed by atoms with van der Waals surface area (Å²) in [6, 6.07) is -1.02. The number of rotatable bonds is 55. The number of hydrogen-bond donors (Lipinski definition) is 12. The second kappa shape index (κ2) is 58.9. The number of carbonyl (C=O) groups is 1. The fraction of sp³-hybridized carbons (Fsp3) is 0.662. The predicted molar refractivity (Wildman–Crippen MR) is 392 cm³/mol. The van der Waals surface area contributed by atoms with Gasteiger partial charge in [0.15, 0.2) is 18.9 Å². The van der Waals surface area contributed by atoms with Crippen molar-refractivity contribution >= 4 is 5.91 Å². The van der Waals surface area contributed by atoms with Gasteiger partial charge in [-0.25, -0.2) is 0 Å². The van der Waals surface area contributed by atoms with E-state index < -0.39 is 131 Å². The van der Waals surface area contributed by atoms with Gasteiger partial charge in [0.05, 0.1) is 38.6 Å². The first-order chi connectivity index (χ1) is 48.3. The molecule has 99 heavy (non-hydrogen) atoms. The number of aliphatic hydroxyl groups excluding tert-OH is 11. The van der Waals surface area contributed by atoms with Gasteiger partial charge in [0.2, 0.25) is 5.91 Å². The summed E-state index contributed by atoms with van der Waals surface area (Å²) in [7, 11) is 0. The molecule has 19 nitrogen and oxygen atoms in total. The normalized spacial score (nSPS) is 27.5. The third-order valence-electron chi connectivity index (χ3n) is 17.3. The predicted octanol–water partition coefficient (Wildman–Crippen LogP) is 11.3. The lowest BCUT2D eigenvalue weighted by Crippen LogP contribution is -2.66. The fourth-order valence-electron chi connectivity index (χ4n) is 11.3. The average molecular weight is 1390 g/mol. The first-order valence-electron chi connectivity index (χ1n) is 37.2. The van der Waals surface area contributed by atoms with Gasteiger partial charge in [0, 0.05) is 6.42 Å². The van der Waals surface area contributed by atoms with Gasteiger partial charge in [-0.1, -0.05) is 242 Å². The molecule has 0 aromatic carbocycles. The van der Waals surface area contributed by atoms with Gasteiger partial charge in [0.1, 0.15) is 73.2 Å². The third kappa shape index (κ3) is 39.6. The van der Waals surface area contributed by atoms with E-state index in [0.29, 0.717) is 12.8 Å². The molecule has 0 saturated carbocycles. The molecule has 0 spiro atoms. The van der Waals surface area contributed by atoms with Gasteiger partial charge >= 0.3 is 0 Å². The van der Waals surface area contributed by atoms with Crippen molar-refractivity contribution in [2.75, 3.05) is 26.4 Å². The Kier molecular flexibility index (Phi) is 52.7. The number of unbranched alkanes of at least 4 members (excludes halogenated alkanes) is 15. The Morgan fingerprint density at radius 2 is 0.707 bits per heavy atom. The van der Waals surface area contributed by atoms with Gasteiger partial charge < -0.3 is 89.9 Å². The van der Waals surface area contributed by atoms with Crippen LogP contribution in [0.5, 0.6) is 0 Å². The van der Waals surface area contributed by atoms with Crippen LogP contribution in [0.15, 0.2) is 158 Å². The average Bonchev–Trinajstić information content (AvgIpc) is 0.786. The van der Waals surface area contributed by atoms with E-state index in [2.05, 4.69) is 165 Å². The maximum absolute atomic E-state index is 13.4. The summed E-state index contributed by atoms with van der Waals surface area (Å²) in [5, 5.41) is 121. The zero-order valence-electron chi connectivity index (χ0n) is 59.6. The lowest BCUT2D eigenvalue weighted by molar-refractivity contribution is -0.379. The van der Waals surface area contributed by atoms with Crippen LogP contribution in [0.25, 0.3) is 0 Å². The molecule has 0 aromatic rings. The number of hydrogen-bond acceptors (Lipinski definition) is 18. The molecule has 3 rings (SSSR count). The van der Waals surface area contributed by atoms with E-state index in [9.17, 15) is 61.0 Å². The number of carbonyl (C=O) groups excluding carboxylic acids is 1. The molecule has 3 heterocycles. The Morgan fingerprint density at radius 1 is 0.374 bits per heavy atom. The summed E-state index contributed by atoms with van der Waals surface area (Å²) in [5.41, 5.74) is 0. The summed E-state index contributed by atoms with van der Waals surface area (Å²) in [6.45, 7) is 1.55. The van der Waals surface area contributed by atoms with Crippen molar-refractivity contribution in [2.45, 2.75) is 311 Å². The van der Waals surface area contributed by atoms with Crippen molar-refractivity contribution in [1.29, 1.82) is 0 Å². The van der Waals surface area contributed by atoms with Gasteiger partial charge in [-0.3, -0.25) is 4.79 Å². The molecule has 17 unspecified atom stereocenters. The minimum absolute atomic E-state index is 0.184. The maximum atomic E-state index is 13.4. The molecule has 0 radical (unpaired) electrons. The largest absolute Gasteiger partial charge is 0.394 e. The Hall–Kier alpha value is -4.59. The van der Waals surface area contributed by atoms with E-state index in [0.717, 1.165) is 109 Å². The van der Waals surface area contributed by atoms with Crippen molar-refractivity contribution in [3.63, 3.8) is 0 Å². The van der Waals surface area contributed by atoms with Crippen molar-refractivity contribution in [1.82, 2.24) is 5.32 Å². The molecule has 0 aromatic heterocycles. The van der Waals surface area contributed by atoms with Crippen molar-refractivity contribution in [3.8, 4) is 0 Å². The molecule has 3 fully saturated rings. The number of amides is 1. The molecule has 3 aliphatic heterocycles. The first-order valence-corrected chi connectivity index (χ1v) is 37.2. The van der Waals surface area contributed by atoms with E-state index in [1.165, 1.54) is 64.2 Å². The summed E-state index contributed by atoms with van der Waals surface area (Å²) in [4.78, 5) is 13.4. The molecule has 3 saturated heterocycles. The Bertz CT molecular complexity index is 2410. The first kappa shape index (κ1) is 88.6. The minimum Gasteiger partial charge on any atom is -0.394 e. The number of ether oxygens (including phenoxy) is 6. The van der Waals surface area contributed by atoms with E-state index in [1.807, 2.05) is 6.08 Å². The zero-order chi connectivity index (χ0) is 71.8. The molecule has 562 valence electrons. The lowest BCUT2D eigenvalue weighted by Gasteiger charge is -2.48. The summed E-state index contributed by atoms with van der Waals surface area (Å²) in [5.74, 6) is -0.324. The molecular formula is C80H129NO18. The van der Waals surface area contributed by atoms with Gasteiger partial charge in [-0.05, 0) is 116 Å². The summed E-state index contributed by atoms with van der Waals surface area (Å²) in [6.07, 6.45) is 59.4. The Balaban J connectivity index is 1.40. The van der Waals surface area contributed by atoms with E-state index in [1.54, 1.807) is 6.08 Å². The highest BCUT2D eigenvalue weighted by molar-refractivity contribution is 5.76. The van der Waals surface area contributed by atoms with Crippen molar-refractivity contribution in [3.05, 3.63) is 158 Å². The fourth-order valence-corrected chi connectivity index (χ4v) is 11.3. The second-order valence-corrected chi connectivity index (χ2v) is 25.7.